The van der Waals surface area contributed by atoms with Crippen molar-refractivity contribution in [3.8, 4) is 0 Å². The summed E-state index contributed by atoms with van der Waals surface area (Å²) >= 11 is 0. The van der Waals surface area contributed by atoms with Gasteiger partial charge in [0.2, 0.25) is 0 Å². The Bertz CT molecular complexity index is 559. The largest absolute Gasteiger partial charge is 0.399 e. The molecule has 1 aromatic carbocycles. The Labute approximate surface area is 126 Å². The van der Waals surface area contributed by atoms with Crippen molar-refractivity contribution in [3.63, 3.8) is 0 Å². The van der Waals surface area contributed by atoms with Crippen LogP contribution in [0.15, 0.2) is 48.7 Å². The van der Waals surface area contributed by atoms with Crippen LogP contribution in [-0.4, -0.2) is 36.1 Å². The van der Waals surface area contributed by atoms with Crippen molar-refractivity contribution in [2.45, 2.75) is 13.0 Å². The molecule has 3 rings (SSSR count). The van der Waals surface area contributed by atoms with Gasteiger partial charge in [0.15, 0.2) is 0 Å². The van der Waals surface area contributed by atoms with Crippen molar-refractivity contribution in [1.29, 1.82) is 0 Å². The summed E-state index contributed by atoms with van der Waals surface area (Å²) in [6, 6.07) is 14.7. The van der Waals surface area contributed by atoms with Crippen LogP contribution in [0.3, 0.4) is 0 Å². The highest BCUT2D eigenvalue weighted by molar-refractivity contribution is 5.40. The Balaban J connectivity index is 1.61. The van der Waals surface area contributed by atoms with Crippen LogP contribution >= 0.6 is 0 Å². The minimum absolute atomic E-state index is 0.427. The van der Waals surface area contributed by atoms with Crippen LogP contribution in [0.5, 0.6) is 0 Å². The molecule has 4 nitrogen and oxygen atoms in total. The molecule has 21 heavy (non-hydrogen) atoms. The van der Waals surface area contributed by atoms with Crippen LogP contribution in [0.25, 0.3) is 0 Å². The molecular weight excluding hydrogens is 260 g/mol. The van der Waals surface area contributed by atoms with Crippen LogP contribution in [0.4, 0.5) is 11.5 Å². The Morgan fingerprint density at radius 1 is 1.00 bits per heavy atom. The second-order valence-corrected chi connectivity index (χ2v) is 5.55. The maximum atomic E-state index is 5.76. The number of pyridine rings is 1. The summed E-state index contributed by atoms with van der Waals surface area (Å²) in [6.07, 6.45) is 1.86. The third-order valence-corrected chi connectivity index (χ3v) is 4.25. The van der Waals surface area contributed by atoms with Gasteiger partial charge in [-0.1, -0.05) is 18.2 Å². The number of benzene rings is 1. The van der Waals surface area contributed by atoms with Gasteiger partial charge in [0.05, 0.1) is 0 Å². The zero-order valence-corrected chi connectivity index (χ0v) is 12.4. The van der Waals surface area contributed by atoms with E-state index < -0.39 is 0 Å². The molecule has 0 amide bonds. The van der Waals surface area contributed by atoms with E-state index in [1.807, 2.05) is 30.5 Å². The van der Waals surface area contributed by atoms with Gasteiger partial charge in [-0.3, -0.25) is 4.90 Å². The average Bonchev–Trinajstić information content (AvgIpc) is 2.56. The maximum absolute atomic E-state index is 5.76. The molecule has 0 aliphatic carbocycles. The van der Waals surface area contributed by atoms with Gasteiger partial charge in [-0.25, -0.2) is 4.98 Å². The third kappa shape index (κ3) is 3.16. The molecule has 1 unspecified atom stereocenters. The molecular formula is C17H22N4. The van der Waals surface area contributed by atoms with Crippen molar-refractivity contribution in [2.24, 2.45) is 0 Å². The van der Waals surface area contributed by atoms with Gasteiger partial charge in [-0.2, -0.15) is 0 Å². The molecule has 2 aromatic rings. The fourth-order valence-electron chi connectivity index (χ4n) is 2.86. The molecule has 4 heteroatoms. The maximum Gasteiger partial charge on any atom is 0.128 e. The lowest BCUT2D eigenvalue weighted by Crippen LogP contribution is -2.47. The van der Waals surface area contributed by atoms with Crippen LogP contribution < -0.4 is 10.6 Å². The van der Waals surface area contributed by atoms with Crippen molar-refractivity contribution in [2.75, 3.05) is 36.8 Å². The third-order valence-electron chi connectivity index (χ3n) is 4.25. The highest BCUT2D eigenvalue weighted by Gasteiger charge is 2.22. The summed E-state index contributed by atoms with van der Waals surface area (Å²) in [5, 5.41) is 0. The number of nitrogen functional groups attached to an aromatic ring is 1. The van der Waals surface area contributed by atoms with Gasteiger partial charge in [0.25, 0.3) is 0 Å². The lowest BCUT2D eigenvalue weighted by molar-refractivity contribution is 0.198. The minimum atomic E-state index is 0.427. The zero-order valence-electron chi connectivity index (χ0n) is 12.4. The van der Waals surface area contributed by atoms with Crippen LogP contribution in [-0.2, 0) is 0 Å². The van der Waals surface area contributed by atoms with E-state index in [2.05, 4.69) is 39.9 Å². The first-order chi connectivity index (χ1) is 10.2. The monoisotopic (exact) mass is 282 g/mol. The predicted octanol–water partition coefficient (Wildman–Crippen LogP) is 2.55. The van der Waals surface area contributed by atoms with Crippen molar-refractivity contribution in [3.05, 3.63) is 54.2 Å². The second-order valence-electron chi connectivity index (χ2n) is 5.55. The number of hydrogen-bond acceptors (Lipinski definition) is 4. The number of hydrogen-bond donors (Lipinski definition) is 1. The molecule has 1 aromatic heterocycles. The summed E-state index contributed by atoms with van der Waals surface area (Å²) in [6.45, 7) is 6.43. The molecule has 0 bridgehead atoms. The molecule has 2 N–H and O–H groups in total. The topological polar surface area (TPSA) is 45.4 Å². The van der Waals surface area contributed by atoms with Crippen molar-refractivity contribution < 1.29 is 0 Å². The molecule has 0 radical (unpaired) electrons. The van der Waals surface area contributed by atoms with Crippen molar-refractivity contribution in [1.82, 2.24) is 9.88 Å². The lowest BCUT2D eigenvalue weighted by atomic mass is 10.1. The lowest BCUT2D eigenvalue weighted by Gasteiger charge is -2.38. The Morgan fingerprint density at radius 2 is 1.71 bits per heavy atom. The van der Waals surface area contributed by atoms with E-state index in [0.29, 0.717) is 6.04 Å². The molecule has 1 aliphatic heterocycles. The van der Waals surface area contributed by atoms with E-state index in [0.717, 1.165) is 37.7 Å². The molecule has 110 valence electrons. The molecule has 2 heterocycles. The van der Waals surface area contributed by atoms with Gasteiger partial charge in [0.1, 0.15) is 5.82 Å². The molecule has 1 fully saturated rings. The van der Waals surface area contributed by atoms with Crippen LogP contribution in [0.1, 0.15) is 18.5 Å². The summed E-state index contributed by atoms with van der Waals surface area (Å²) in [7, 11) is 0. The first-order valence-corrected chi connectivity index (χ1v) is 7.49. The van der Waals surface area contributed by atoms with Crippen LogP contribution in [0.2, 0.25) is 0 Å². The Hall–Kier alpha value is -2.07. The first-order valence-electron chi connectivity index (χ1n) is 7.49. The predicted molar refractivity (Wildman–Crippen MR) is 87.3 cm³/mol. The number of nitrogens with two attached hydrogens (primary N) is 1. The van der Waals surface area contributed by atoms with Gasteiger partial charge in [0, 0.05) is 44.1 Å². The molecule has 0 spiro atoms. The molecule has 1 aliphatic rings. The molecule has 1 atom stereocenters. The Kier molecular flexibility index (Phi) is 4.06. The molecule has 0 saturated carbocycles. The van der Waals surface area contributed by atoms with Crippen LogP contribution in [0, 0.1) is 0 Å². The van der Waals surface area contributed by atoms with Gasteiger partial charge in [-0.05, 0) is 36.8 Å². The zero-order chi connectivity index (χ0) is 14.7. The second kappa shape index (κ2) is 6.14. The molecule has 1 saturated heterocycles. The highest BCUT2D eigenvalue weighted by Crippen LogP contribution is 2.23. The summed E-state index contributed by atoms with van der Waals surface area (Å²) in [5.41, 5.74) is 7.91. The van der Waals surface area contributed by atoms with E-state index >= 15 is 0 Å². The highest BCUT2D eigenvalue weighted by atomic mass is 15.3. The summed E-state index contributed by atoms with van der Waals surface area (Å²) in [5.74, 6) is 1.08. The average molecular weight is 282 g/mol. The number of piperazine rings is 1. The quantitative estimate of drug-likeness (QED) is 0.879. The smallest absolute Gasteiger partial charge is 0.128 e. The summed E-state index contributed by atoms with van der Waals surface area (Å²) < 4.78 is 0. The number of aromatic nitrogens is 1. The fourth-order valence-corrected chi connectivity index (χ4v) is 2.86. The number of anilines is 2. The summed E-state index contributed by atoms with van der Waals surface area (Å²) in [4.78, 5) is 9.31. The van der Waals surface area contributed by atoms with E-state index in [1.165, 1.54) is 5.56 Å². The fraction of sp³-hybridized carbons (Fsp3) is 0.353. The van der Waals surface area contributed by atoms with Gasteiger partial charge in [-0.15, -0.1) is 0 Å². The number of nitrogens with zero attached hydrogens (tertiary/aromatic N) is 3. The van der Waals surface area contributed by atoms with E-state index in [-0.39, 0.29) is 0 Å². The van der Waals surface area contributed by atoms with Gasteiger partial charge >= 0.3 is 0 Å². The van der Waals surface area contributed by atoms with Crippen molar-refractivity contribution >= 4 is 11.5 Å². The van der Waals surface area contributed by atoms with E-state index in [9.17, 15) is 0 Å². The van der Waals surface area contributed by atoms with E-state index in [4.69, 9.17) is 5.73 Å². The minimum Gasteiger partial charge on any atom is -0.399 e. The first kappa shape index (κ1) is 13.9. The van der Waals surface area contributed by atoms with Gasteiger partial charge < -0.3 is 10.6 Å². The number of rotatable bonds is 3. The SMILES string of the molecule is CC(c1ccc(N)cc1)N1CCN(c2ccccn2)CC1. The normalized spacial score (nSPS) is 17.7. The Morgan fingerprint density at radius 3 is 2.33 bits per heavy atom. The standard InChI is InChI=1S/C17H22N4/c1-14(15-5-7-16(18)8-6-15)20-10-12-21(13-11-20)17-4-2-3-9-19-17/h2-9,14H,10-13,18H2,1H3. The van der Waals surface area contributed by atoms with E-state index in [1.54, 1.807) is 0 Å².